The first-order valence-corrected chi connectivity index (χ1v) is 13.0. The van der Waals surface area contributed by atoms with Crippen molar-refractivity contribution in [3.63, 3.8) is 0 Å². The second-order valence-corrected chi connectivity index (χ2v) is 10.1. The van der Waals surface area contributed by atoms with E-state index in [0.717, 1.165) is 22.2 Å². The number of esters is 1. The molecule has 0 saturated heterocycles. The molecule has 1 atom stereocenters. The molecule has 0 aliphatic rings. The molecule has 0 amide bonds. The van der Waals surface area contributed by atoms with Crippen LogP contribution >= 0.6 is 0 Å². The predicted octanol–water partition coefficient (Wildman–Crippen LogP) is 5.45. The number of benzene rings is 3. The van der Waals surface area contributed by atoms with E-state index in [1.165, 1.54) is 12.1 Å². The number of carbonyl (C=O) groups excluding carboxylic acids is 1. The number of hydrogen-bond acceptors (Lipinski definition) is 6. The average Bonchev–Trinajstić information content (AvgIpc) is 3.28. The molecule has 37 heavy (non-hydrogen) atoms. The maximum absolute atomic E-state index is 13.5. The molecule has 0 radical (unpaired) electrons. The van der Waals surface area contributed by atoms with E-state index in [0.29, 0.717) is 11.3 Å². The lowest BCUT2D eigenvalue weighted by Crippen LogP contribution is -2.32. The Kier molecular flexibility index (Phi) is 6.72. The topological polar surface area (TPSA) is 113 Å². The third kappa shape index (κ3) is 5.37. The predicted molar refractivity (Wildman–Crippen MR) is 142 cm³/mol. The van der Waals surface area contributed by atoms with Gasteiger partial charge in [0.25, 0.3) is 0 Å². The fraction of sp³-hybridized carbons (Fsp3) is 0.0714. The zero-order chi connectivity index (χ0) is 25.8. The number of para-hydroxylation sites is 1. The summed E-state index contributed by atoms with van der Waals surface area (Å²) in [6.07, 6.45) is 2.01. The molecule has 0 bridgehead atoms. The van der Waals surface area contributed by atoms with E-state index in [1.54, 1.807) is 67.0 Å². The molecule has 186 valence electrons. The molecule has 2 heterocycles. The molecule has 3 N–H and O–H groups in total. The SMILES string of the molecule is Cc1ccc(S(=O)(=O)NC(OC(=O)c2[nH]c3ccccc3c2Nc2ccncc2)c2ccccc2)cc1. The highest BCUT2D eigenvalue weighted by Gasteiger charge is 2.27. The van der Waals surface area contributed by atoms with Crippen LogP contribution in [-0.4, -0.2) is 24.4 Å². The highest BCUT2D eigenvalue weighted by Crippen LogP contribution is 2.32. The Hall–Kier alpha value is -4.47. The zero-order valence-electron chi connectivity index (χ0n) is 19.9. The molecule has 1 unspecified atom stereocenters. The van der Waals surface area contributed by atoms with Gasteiger partial charge < -0.3 is 15.0 Å². The summed E-state index contributed by atoms with van der Waals surface area (Å²) in [5, 5.41) is 4.04. The largest absolute Gasteiger partial charge is 0.436 e. The number of fused-ring (bicyclic) bond motifs is 1. The van der Waals surface area contributed by atoms with Crippen LogP contribution in [0.1, 0.15) is 27.8 Å². The number of aromatic nitrogens is 2. The highest BCUT2D eigenvalue weighted by atomic mass is 32.2. The number of carbonyl (C=O) groups is 1. The number of sulfonamides is 1. The number of nitrogens with one attached hydrogen (secondary N) is 3. The summed E-state index contributed by atoms with van der Waals surface area (Å²) < 4.78 is 34.7. The Balaban J connectivity index is 1.50. The lowest BCUT2D eigenvalue weighted by Gasteiger charge is -2.20. The van der Waals surface area contributed by atoms with E-state index in [2.05, 4.69) is 20.0 Å². The van der Waals surface area contributed by atoms with Crippen LogP contribution in [-0.2, 0) is 14.8 Å². The van der Waals surface area contributed by atoms with Crippen molar-refractivity contribution in [1.82, 2.24) is 14.7 Å². The normalized spacial score (nSPS) is 12.2. The number of H-pyrrole nitrogens is 1. The van der Waals surface area contributed by atoms with Gasteiger partial charge in [-0.15, -0.1) is 0 Å². The highest BCUT2D eigenvalue weighted by molar-refractivity contribution is 7.89. The van der Waals surface area contributed by atoms with Crippen LogP contribution in [0.25, 0.3) is 10.9 Å². The van der Waals surface area contributed by atoms with Crippen molar-refractivity contribution < 1.29 is 17.9 Å². The molecule has 0 spiro atoms. The quantitative estimate of drug-likeness (QED) is 0.188. The van der Waals surface area contributed by atoms with Crippen molar-refractivity contribution in [3.8, 4) is 0 Å². The Morgan fingerprint density at radius 1 is 0.892 bits per heavy atom. The lowest BCUT2D eigenvalue weighted by atomic mass is 10.2. The molecule has 8 nitrogen and oxygen atoms in total. The maximum Gasteiger partial charge on any atom is 0.358 e. The van der Waals surface area contributed by atoms with Gasteiger partial charge in [-0.3, -0.25) is 4.98 Å². The standard InChI is InChI=1S/C28H24N4O4S/c1-19-11-13-22(14-12-19)37(34,35)32-27(20-7-3-2-4-8-20)36-28(33)26-25(30-21-15-17-29-18-16-21)23-9-5-6-10-24(23)31-26/h2-18,27,31-32H,1H3,(H,29,30). The number of ether oxygens (including phenoxy) is 1. The van der Waals surface area contributed by atoms with Gasteiger partial charge in [0.2, 0.25) is 10.0 Å². The van der Waals surface area contributed by atoms with Crippen molar-refractivity contribution in [2.45, 2.75) is 18.0 Å². The minimum absolute atomic E-state index is 0.0701. The Morgan fingerprint density at radius 3 is 2.30 bits per heavy atom. The van der Waals surface area contributed by atoms with E-state index in [4.69, 9.17) is 4.74 Å². The molecule has 5 rings (SSSR count). The van der Waals surface area contributed by atoms with Gasteiger partial charge in [0.1, 0.15) is 5.69 Å². The van der Waals surface area contributed by atoms with Gasteiger partial charge in [0.15, 0.2) is 6.23 Å². The van der Waals surface area contributed by atoms with Crippen LogP contribution in [0, 0.1) is 6.92 Å². The van der Waals surface area contributed by atoms with Crippen molar-refractivity contribution in [2.75, 3.05) is 5.32 Å². The minimum atomic E-state index is -4.00. The summed E-state index contributed by atoms with van der Waals surface area (Å²) in [7, 11) is -4.00. The van der Waals surface area contributed by atoms with E-state index in [1.807, 2.05) is 31.2 Å². The van der Waals surface area contributed by atoms with Crippen LogP contribution < -0.4 is 10.0 Å². The number of nitrogens with zero attached hydrogens (tertiary/aromatic N) is 1. The van der Waals surface area contributed by atoms with Crippen LogP contribution in [0.15, 0.2) is 108 Å². The van der Waals surface area contributed by atoms with Crippen LogP contribution in [0.2, 0.25) is 0 Å². The van der Waals surface area contributed by atoms with Gasteiger partial charge >= 0.3 is 5.97 Å². The van der Waals surface area contributed by atoms with E-state index < -0.39 is 22.2 Å². The fourth-order valence-corrected chi connectivity index (χ4v) is 4.98. The fourth-order valence-electron chi connectivity index (χ4n) is 3.88. The summed E-state index contributed by atoms with van der Waals surface area (Å²) in [5.41, 5.74) is 3.54. The molecular weight excluding hydrogens is 488 g/mol. The molecule has 0 aliphatic carbocycles. The Bertz CT molecular complexity index is 1630. The molecule has 0 saturated carbocycles. The van der Waals surface area contributed by atoms with Gasteiger partial charge in [-0.05, 0) is 37.3 Å². The van der Waals surface area contributed by atoms with Crippen LogP contribution in [0.5, 0.6) is 0 Å². The molecule has 0 fully saturated rings. The van der Waals surface area contributed by atoms with Crippen molar-refractivity contribution >= 4 is 38.3 Å². The number of anilines is 2. The molecule has 5 aromatic rings. The summed E-state index contributed by atoms with van der Waals surface area (Å²) in [6, 6.07) is 26.1. The maximum atomic E-state index is 13.5. The molecule has 2 aromatic heterocycles. The van der Waals surface area contributed by atoms with Gasteiger partial charge in [-0.25, -0.2) is 13.2 Å². The number of pyridine rings is 1. The number of aromatic amines is 1. The molecule has 3 aromatic carbocycles. The second-order valence-electron chi connectivity index (χ2n) is 8.41. The summed E-state index contributed by atoms with van der Waals surface area (Å²) in [5.74, 6) is -0.729. The van der Waals surface area contributed by atoms with E-state index in [-0.39, 0.29) is 10.6 Å². The third-order valence-electron chi connectivity index (χ3n) is 5.78. The molecule has 9 heteroatoms. The average molecular weight is 513 g/mol. The monoisotopic (exact) mass is 512 g/mol. The first-order valence-electron chi connectivity index (χ1n) is 11.5. The number of rotatable bonds is 8. The van der Waals surface area contributed by atoms with E-state index in [9.17, 15) is 13.2 Å². The third-order valence-corrected chi connectivity index (χ3v) is 7.20. The first-order chi connectivity index (χ1) is 17.9. The summed E-state index contributed by atoms with van der Waals surface area (Å²) >= 11 is 0. The van der Waals surface area contributed by atoms with E-state index >= 15 is 0 Å². The van der Waals surface area contributed by atoms with Crippen molar-refractivity contribution in [1.29, 1.82) is 0 Å². The number of hydrogen-bond donors (Lipinski definition) is 3. The minimum Gasteiger partial charge on any atom is -0.436 e. The second kappa shape index (κ2) is 10.3. The zero-order valence-corrected chi connectivity index (χ0v) is 20.7. The van der Waals surface area contributed by atoms with Crippen molar-refractivity contribution in [3.05, 3.63) is 120 Å². The summed E-state index contributed by atoms with van der Waals surface area (Å²) in [4.78, 5) is 20.7. The van der Waals surface area contributed by atoms with Crippen molar-refractivity contribution in [2.24, 2.45) is 0 Å². The smallest absolute Gasteiger partial charge is 0.358 e. The molecule has 0 aliphatic heterocycles. The molecular formula is C28H24N4O4S. The van der Waals surface area contributed by atoms with Gasteiger partial charge in [-0.2, -0.15) is 4.72 Å². The summed E-state index contributed by atoms with van der Waals surface area (Å²) in [6.45, 7) is 1.87. The Labute approximate surface area is 214 Å². The van der Waals surface area contributed by atoms with Gasteiger partial charge in [0, 0.05) is 34.5 Å². The first kappa shape index (κ1) is 24.2. The van der Waals surface area contributed by atoms with Gasteiger partial charge in [0.05, 0.1) is 10.6 Å². The Morgan fingerprint density at radius 2 is 1.57 bits per heavy atom. The lowest BCUT2D eigenvalue weighted by molar-refractivity contribution is 0.0267. The van der Waals surface area contributed by atoms with Crippen LogP contribution in [0.3, 0.4) is 0 Å². The van der Waals surface area contributed by atoms with Gasteiger partial charge in [-0.1, -0.05) is 66.2 Å². The number of aryl methyl sites for hydroxylation is 1. The van der Waals surface area contributed by atoms with Crippen LogP contribution in [0.4, 0.5) is 11.4 Å².